The largest absolute Gasteiger partial charge is 0.494 e. The molecule has 104 valence electrons. The zero-order chi connectivity index (χ0) is 14.4. The van der Waals surface area contributed by atoms with Gasteiger partial charge in [0.05, 0.1) is 24.8 Å². The number of hydrogen-bond donors (Lipinski definition) is 0. The summed E-state index contributed by atoms with van der Waals surface area (Å²) in [6.45, 7) is 0. The third kappa shape index (κ3) is 4.40. The van der Waals surface area contributed by atoms with Crippen LogP contribution in [0.3, 0.4) is 0 Å². The average Bonchev–Trinajstić information content (AvgIpc) is 2.37. The molecule has 19 heavy (non-hydrogen) atoms. The number of Topliss-reactive ketones (excluding diaryl/α,β-unsaturated/α-hetero) is 1. The first-order valence-electron chi connectivity index (χ1n) is 5.62. The second kappa shape index (κ2) is 7.36. The van der Waals surface area contributed by atoms with Crippen LogP contribution >= 0.6 is 23.2 Å². The van der Waals surface area contributed by atoms with Gasteiger partial charge in [-0.1, -0.05) is 23.2 Å². The van der Waals surface area contributed by atoms with Crippen molar-refractivity contribution in [1.82, 2.24) is 0 Å². The van der Waals surface area contributed by atoms with Gasteiger partial charge in [0, 0.05) is 17.9 Å². The van der Waals surface area contributed by atoms with Gasteiger partial charge in [-0.05, 0) is 18.6 Å². The number of esters is 1. The number of benzene rings is 1. The molecule has 0 saturated heterocycles. The SMILES string of the molecule is COC(=O)CCCC(=O)c1cc(Cl)cc(Cl)c1OC. The fourth-order valence-electron chi connectivity index (χ4n) is 1.60. The first-order chi connectivity index (χ1) is 8.99. The number of carbonyl (C=O) groups is 2. The Bertz CT molecular complexity index is 486. The van der Waals surface area contributed by atoms with Gasteiger partial charge in [-0.25, -0.2) is 0 Å². The van der Waals surface area contributed by atoms with E-state index in [-0.39, 0.29) is 29.6 Å². The minimum absolute atomic E-state index is 0.176. The molecule has 0 aromatic heterocycles. The molecule has 0 N–H and O–H groups in total. The number of ketones is 1. The first kappa shape index (κ1) is 15.8. The van der Waals surface area contributed by atoms with E-state index in [1.54, 1.807) is 0 Å². The fraction of sp³-hybridized carbons (Fsp3) is 0.385. The lowest BCUT2D eigenvalue weighted by Gasteiger charge is -2.10. The van der Waals surface area contributed by atoms with E-state index in [0.717, 1.165) is 0 Å². The van der Waals surface area contributed by atoms with E-state index in [1.165, 1.54) is 26.4 Å². The summed E-state index contributed by atoms with van der Waals surface area (Å²) >= 11 is 11.8. The molecule has 0 aliphatic heterocycles. The Labute approximate surface area is 121 Å². The average molecular weight is 305 g/mol. The Morgan fingerprint density at radius 2 is 1.84 bits per heavy atom. The molecule has 4 nitrogen and oxygen atoms in total. The van der Waals surface area contributed by atoms with Crippen LogP contribution in [0, 0.1) is 0 Å². The van der Waals surface area contributed by atoms with Crippen LogP contribution in [0.2, 0.25) is 10.0 Å². The zero-order valence-corrected chi connectivity index (χ0v) is 12.2. The number of hydrogen-bond acceptors (Lipinski definition) is 4. The molecule has 0 amide bonds. The highest BCUT2D eigenvalue weighted by Crippen LogP contribution is 2.33. The highest BCUT2D eigenvalue weighted by molar-refractivity contribution is 6.36. The van der Waals surface area contributed by atoms with Crippen LogP contribution in [-0.2, 0) is 9.53 Å². The molecule has 1 aromatic carbocycles. The number of halogens is 2. The van der Waals surface area contributed by atoms with Gasteiger partial charge in [0.1, 0.15) is 5.75 Å². The molecular weight excluding hydrogens is 291 g/mol. The van der Waals surface area contributed by atoms with Crippen molar-refractivity contribution in [2.24, 2.45) is 0 Å². The van der Waals surface area contributed by atoms with Gasteiger partial charge in [0.15, 0.2) is 5.78 Å². The normalized spacial score (nSPS) is 10.1. The lowest BCUT2D eigenvalue weighted by molar-refractivity contribution is -0.140. The molecule has 1 aromatic rings. The summed E-state index contributed by atoms with van der Waals surface area (Å²) in [6, 6.07) is 3.01. The van der Waals surface area contributed by atoms with Crippen molar-refractivity contribution in [2.75, 3.05) is 14.2 Å². The Balaban J connectivity index is 2.79. The van der Waals surface area contributed by atoms with Crippen LogP contribution in [0.25, 0.3) is 0 Å². The molecule has 0 unspecified atom stereocenters. The summed E-state index contributed by atoms with van der Waals surface area (Å²) in [5.74, 6) is -0.219. The molecule has 0 saturated carbocycles. The van der Waals surface area contributed by atoms with Crippen LogP contribution in [0.15, 0.2) is 12.1 Å². The van der Waals surface area contributed by atoms with E-state index in [9.17, 15) is 9.59 Å². The second-order valence-electron chi connectivity index (χ2n) is 3.82. The van der Waals surface area contributed by atoms with Gasteiger partial charge >= 0.3 is 5.97 Å². The van der Waals surface area contributed by atoms with Gasteiger partial charge in [-0.15, -0.1) is 0 Å². The maximum absolute atomic E-state index is 12.0. The highest BCUT2D eigenvalue weighted by atomic mass is 35.5. The minimum atomic E-state index is -0.344. The molecule has 0 spiro atoms. The van der Waals surface area contributed by atoms with E-state index in [0.29, 0.717) is 22.8 Å². The van der Waals surface area contributed by atoms with Crippen molar-refractivity contribution in [3.8, 4) is 5.75 Å². The summed E-state index contributed by atoms with van der Waals surface area (Å²) in [5, 5.41) is 0.647. The monoisotopic (exact) mass is 304 g/mol. The lowest BCUT2D eigenvalue weighted by Crippen LogP contribution is -2.05. The van der Waals surface area contributed by atoms with Gasteiger partial charge in [-0.2, -0.15) is 0 Å². The van der Waals surface area contributed by atoms with E-state index in [1.807, 2.05) is 0 Å². The molecule has 0 heterocycles. The molecule has 0 aliphatic carbocycles. The molecule has 1 rings (SSSR count). The summed E-state index contributed by atoms with van der Waals surface area (Å²) in [6.07, 6.45) is 0.791. The fourth-order valence-corrected chi connectivity index (χ4v) is 2.18. The molecule has 0 bridgehead atoms. The molecule has 0 aliphatic rings. The Morgan fingerprint density at radius 3 is 2.42 bits per heavy atom. The summed E-state index contributed by atoms with van der Waals surface area (Å²) in [7, 11) is 2.74. The zero-order valence-electron chi connectivity index (χ0n) is 10.7. The third-order valence-corrected chi connectivity index (χ3v) is 3.02. The van der Waals surface area contributed by atoms with Crippen molar-refractivity contribution < 1.29 is 19.1 Å². The number of methoxy groups -OCH3 is 2. The summed E-state index contributed by atoms with van der Waals surface area (Å²) < 4.78 is 9.60. The smallest absolute Gasteiger partial charge is 0.305 e. The van der Waals surface area contributed by atoms with E-state index >= 15 is 0 Å². The topological polar surface area (TPSA) is 52.6 Å². The number of carbonyl (C=O) groups excluding carboxylic acids is 2. The summed E-state index contributed by atoms with van der Waals surface area (Å²) in [5.41, 5.74) is 0.324. The van der Waals surface area contributed by atoms with Crippen molar-refractivity contribution in [1.29, 1.82) is 0 Å². The van der Waals surface area contributed by atoms with Crippen molar-refractivity contribution in [2.45, 2.75) is 19.3 Å². The quantitative estimate of drug-likeness (QED) is 0.596. The van der Waals surface area contributed by atoms with E-state index in [2.05, 4.69) is 4.74 Å². The maximum atomic E-state index is 12.0. The third-order valence-electron chi connectivity index (χ3n) is 2.53. The van der Waals surface area contributed by atoms with Crippen molar-refractivity contribution >= 4 is 35.0 Å². The van der Waals surface area contributed by atoms with Gasteiger partial charge in [0.25, 0.3) is 0 Å². The molecule has 6 heteroatoms. The standard InChI is InChI=1S/C13H14Cl2O4/c1-18-12(17)5-3-4-11(16)9-6-8(14)7-10(15)13(9)19-2/h6-7H,3-5H2,1-2H3. The van der Waals surface area contributed by atoms with Crippen LogP contribution in [0.5, 0.6) is 5.75 Å². The van der Waals surface area contributed by atoms with E-state index in [4.69, 9.17) is 27.9 Å². The summed E-state index contributed by atoms with van der Waals surface area (Å²) in [4.78, 5) is 23.0. The van der Waals surface area contributed by atoms with Crippen LogP contribution in [-0.4, -0.2) is 26.0 Å². The molecular formula is C13H14Cl2O4. The first-order valence-corrected chi connectivity index (χ1v) is 6.38. The van der Waals surface area contributed by atoms with Crippen LogP contribution in [0.4, 0.5) is 0 Å². The Kier molecular flexibility index (Phi) is 6.12. The Morgan fingerprint density at radius 1 is 1.16 bits per heavy atom. The Hall–Kier alpha value is -1.26. The van der Waals surface area contributed by atoms with E-state index < -0.39 is 0 Å². The van der Waals surface area contributed by atoms with Gasteiger partial charge < -0.3 is 9.47 Å². The van der Waals surface area contributed by atoms with Crippen LogP contribution in [0.1, 0.15) is 29.6 Å². The maximum Gasteiger partial charge on any atom is 0.305 e. The lowest BCUT2D eigenvalue weighted by atomic mass is 10.0. The molecule has 0 fully saturated rings. The highest BCUT2D eigenvalue weighted by Gasteiger charge is 2.16. The second-order valence-corrected chi connectivity index (χ2v) is 4.66. The van der Waals surface area contributed by atoms with Crippen molar-refractivity contribution in [3.63, 3.8) is 0 Å². The minimum Gasteiger partial charge on any atom is -0.494 e. The van der Waals surface area contributed by atoms with Crippen LogP contribution < -0.4 is 4.74 Å². The predicted molar refractivity (Wildman–Crippen MR) is 73.2 cm³/mol. The molecule has 0 atom stereocenters. The van der Waals surface area contributed by atoms with Gasteiger partial charge in [-0.3, -0.25) is 9.59 Å². The number of rotatable bonds is 6. The molecule has 0 radical (unpaired) electrons. The van der Waals surface area contributed by atoms with Gasteiger partial charge in [0.2, 0.25) is 0 Å². The number of ether oxygens (including phenoxy) is 2. The van der Waals surface area contributed by atoms with Crippen molar-refractivity contribution in [3.05, 3.63) is 27.7 Å². The predicted octanol–water partition coefficient (Wildman–Crippen LogP) is 3.53.